The standard InChI is InChI=1S/C77H45N9/c78-46-48-32-35-50(36-33-48)52-37-39-62(70(45-52)86-66-31-17-13-27-60(66)72-68(86)43-41-58-56-25-11-15-29-64(56)84(74(58)72)54-22-8-3-9-23-54)77-81-75(51-18-4-1-5-19-51)80-76(82-77)61-38-34-49(47-79)44-69(61)85-65-30-16-12-26-59(65)71-67(85)42-40-57-55-24-10-14-28-63(55)83(73(57)71)53-20-6-2-7-21-53/h1-45H. The summed E-state index contributed by atoms with van der Waals surface area (Å²) in [5, 5.41) is 29.6. The van der Waals surface area contributed by atoms with Crippen LogP contribution in [0.25, 0.3) is 155 Å². The van der Waals surface area contributed by atoms with Crippen molar-refractivity contribution in [3.63, 3.8) is 0 Å². The highest BCUT2D eigenvalue weighted by molar-refractivity contribution is 6.28. The molecule has 0 saturated heterocycles. The van der Waals surface area contributed by atoms with Crippen molar-refractivity contribution < 1.29 is 0 Å². The molecule has 0 atom stereocenters. The summed E-state index contributed by atoms with van der Waals surface area (Å²) in [4.78, 5) is 16.5. The molecule has 9 heteroatoms. The molecule has 5 heterocycles. The van der Waals surface area contributed by atoms with Gasteiger partial charge in [0, 0.05) is 71.2 Å². The second kappa shape index (κ2) is 19.2. The summed E-state index contributed by atoms with van der Waals surface area (Å²) in [6.45, 7) is 0. The van der Waals surface area contributed by atoms with Gasteiger partial charge in [0.1, 0.15) is 0 Å². The predicted octanol–water partition coefficient (Wildman–Crippen LogP) is 18.7. The molecular weight excluding hydrogens is 1050 g/mol. The molecule has 0 amide bonds. The first-order valence-corrected chi connectivity index (χ1v) is 28.6. The van der Waals surface area contributed by atoms with Crippen molar-refractivity contribution in [1.82, 2.24) is 33.2 Å². The van der Waals surface area contributed by atoms with Crippen molar-refractivity contribution in [2.75, 3.05) is 0 Å². The average Bonchev–Trinajstić information content (AvgIpc) is 1.70. The lowest BCUT2D eigenvalue weighted by Gasteiger charge is -2.18. The SMILES string of the molecule is N#Cc1ccc(-c2ccc(-c3nc(-c4ccccc4)nc(-c4ccc(C#N)cc4-n4c5ccccc5c5c4ccc4c6ccccc6n(-c6ccccc6)c45)n3)c(-n3c4ccccc4c4c3ccc3c5ccccc5n(-c5ccccc5)c34)c2)cc1. The van der Waals surface area contributed by atoms with E-state index in [1.54, 1.807) is 0 Å². The van der Waals surface area contributed by atoms with Crippen molar-refractivity contribution >= 4 is 87.2 Å². The van der Waals surface area contributed by atoms with Gasteiger partial charge in [0.05, 0.1) is 78.8 Å². The zero-order valence-electron chi connectivity index (χ0n) is 46.0. The third kappa shape index (κ3) is 7.32. The minimum Gasteiger partial charge on any atom is -0.309 e. The number of rotatable bonds is 8. The molecule has 5 aromatic heterocycles. The Morgan fingerprint density at radius 3 is 1.16 bits per heavy atom. The molecule has 0 aliphatic rings. The molecule has 398 valence electrons. The Balaban J connectivity index is 0.957. The normalized spacial score (nSPS) is 11.7. The Morgan fingerprint density at radius 2 is 0.663 bits per heavy atom. The second-order valence-corrected chi connectivity index (χ2v) is 21.7. The summed E-state index contributed by atoms with van der Waals surface area (Å²) in [6.07, 6.45) is 0. The molecule has 17 aromatic rings. The summed E-state index contributed by atoms with van der Waals surface area (Å²) in [5.74, 6) is 1.40. The zero-order valence-corrected chi connectivity index (χ0v) is 46.0. The van der Waals surface area contributed by atoms with Gasteiger partial charge in [-0.05, 0) is 114 Å². The van der Waals surface area contributed by atoms with E-state index in [2.05, 4.69) is 231 Å². The van der Waals surface area contributed by atoms with Crippen LogP contribution in [0.2, 0.25) is 0 Å². The number of hydrogen-bond acceptors (Lipinski definition) is 5. The maximum absolute atomic E-state index is 10.8. The molecule has 86 heavy (non-hydrogen) atoms. The fourth-order valence-electron chi connectivity index (χ4n) is 13.4. The van der Waals surface area contributed by atoms with Gasteiger partial charge in [0.25, 0.3) is 0 Å². The van der Waals surface area contributed by atoms with Crippen molar-refractivity contribution in [1.29, 1.82) is 10.5 Å². The van der Waals surface area contributed by atoms with Crippen molar-refractivity contribution in [2.45, 2.75) is 0 Å². The van der Waals surface area contributed by atoms with Gasteiger partial charge in [-0.15, -0.1) is 0 Å². The van der Waals surface area contributed by atoms with E-state index in [-0.39, 0.29) is 0 Å². The fraction of sp³-hybridized carbons (Fsp3) is 0. The number of nitrogens with zero attached hydrogens (tertiary/aromatic N) is 9. The molecule has 9 nitrogen and oxygen atoms in total. The van der Waals surface area contributed by atoms with E-state index in [1.165, 1.54) is 5.39 Å². The molecule has 0 N–H and O–H groups in total. The first-order chi connectivity index (χ1) is 42.6. The van der Waals surface area contributed by atoms with Crippen LogP contribution in [0, 0.1) is 22.7 Å². The molecule has 12 aromatic carbocycles. The average molecular weight is 1100 g/mol. The van der Waals surface area contributed by atoms with Crippen LogP contribution in [0.1, 0.15) is 11.1 Å². The third-order valence-electron chi connectivity index (χ3n) is 17.1. The molecule has 0 spiro atoms. The fourth-order valence-corrected chi connectivity index (χ4v) is 13.4. The highest BCUT2D eigenvalue weighted by atomic mass is 15.1. The molecule has 0 fully saturated rings. The number of aromatic nitrogens is 7. The van der Waals surface area contributed by atoms with Gasteiger partial charge in [-0.25, -0.2) is 15.0 Å². The monoisotopic (exact) mass is 1100 g/mol. The van der Waals surface area contributed by atoms with E-state index in [1.807, 2.05) is 72.8 Å². The van der Waals surface area contributed by atoms with E-state index in [9.17, 15) is 10.5 Å². The van der Waals surface area contributed by atoms with Crippen LogP contribution >= 0.6 is 0 Å². The Morgan fingerprint density at radius 1 is 0.267 bits per heavy atom. The van der Waals surface area contributed by atoms with Crippen LogP contribution in [-0.2, 0) is 0 Å². The van der Waals surface area contributed by atoms with Crippen LogP contribution in [0.4, 0.5) is 0 Å². The largest absolute Gasteiger partial charge is 0.309 e. The van der Waals surface area contributed by atoms with Gasteiger partial charge in [0.2, 0.25) is 0 Å². The first-order valence-electron chi connectivity index (χ1n) is 28.6. The van der Waals surface area contributed by atoms with Gasteiger partial charge in [-0.2, -0.15) is 10.5 Å². The number of nitriles is 2. The van der Waals surface area contributed by atoms with Gasteiger partial charge in [0.15, 0.2) is 17.5 Å². The molecule has 0 aliphatic heterocycles. The van der Waals surface area contributed by atoms with E-state index in [0.717, 1.165) is 132 Å². The molecule has 0 aliphatic carbocycles. The van der Waals surface area contributed by atoms with Gasteiger partial charge in [-0.1, -0.05) is 170 Å². The van der Waals surface area contributed by atoms with E-state index in [0.29, 0.717) is 28.6 Å². The Kier molecular flexibility index (Phi) is 10.8. The summed E-state index contributed by atoms with van der Waals surface area (Å²) < 4.78 is 9.43. The number of hydrogen-bond donors (Lipinski definition) is 0. The van der Waals surface area contributed by atoms with Crippen molar-refractivity contribution in [3.05, 3.63) is 284 Å². The molecule has 0 radical (unpaired) electrons. The highest BCUT2D eigenvalue weighted by Crippen LogP contribution is 2.46. The lowest BCUT2D eigenvalue weighted by atomic mass is 10.00. The molecule has 0 saturated carbocycles. The van der Waals surface area contributed by atoms with Crippen LogP contribution in [0.3, 0.4) is 0 Å². The Labute approximate surface area is 492 Å². The second-order valence-electron chi connectivity index (χ2n) is 21.7. The van der Waals surface area contributed by atoms with Gasteiger partial charge >= 0.3 is 0 Å². The number of para-hydroxylation sites is 6. The minimum atomic E-state index is 0.442. The summed E-state index contributed by atoms with van der Waals surface area (Å²) in [7, 11) is 0. The topological polar surface area (TPSA) is 106 Å². The smallest absolute Gasteiger partial charge is 0.166 e. The van der Waals surface area contributed by atoms with Crippen LogP contribution in [0.5, 0.6) is 0 Å². The maximum Gasteiger partial charge on any atom is 0.166 e. The molecule has 0 bridgehead atoms. The van der Waals surface area contributed by atoms with Crippen LogP contribution in [0.15, 0.2) is 273 Å². The molecule has 0 unspecified atom stereocenters. The van der Waals surface area contributed by atoms with Crippen LogP contribution in [-0.4, -0.2) is 33.2 Å². The Hall–Kier alpha value is -12.2. The lowest BCUT2D eigenvalue weighted by molar-refractivity contribution is 1.06. The summed E-state index contributed by atoms with van der Waals surface area (Å²) in [5.41, 5.74) is 17.5. The van der Waals surface area contributed by atoms with Gasteiger partial charge in [-0.3, -0.25) is 0 Å². The number of fused-ring (bicyclic) bond motifs is 14. The van der Waals surface area contributed by atoms with E-state index >= 15 is 0 Å². The quantitative estimate of drug-likeness (QED) is 0.151. The minimum absolute atomic E-state index is 0.442. The van der Waals surface area contributed by atoms with E-state index in [4.69, 9.17) is 15.0 Å². The molecular formula is C77H45N9. The first kappa shape index (κ1) is 48.5. The highest BCUT2D eigenvalue weighted by Gasteiger charge is 2.27. The summed E-state index contributed by atoms with van der Waals surface area (Å²) >= 11 is 0. The van der Waals surface area contributed by atoms with Crippen molar-refractivity contribution in [2.24, 2.45) is 0 Å². The van der Waals surface area contributed by atoms with Gasteiger partial charge < -0.3 is 18.3 Å². The summed E-state index contributed by atoms with van der Waals surface area (Å²) in [6, 6.07) is 99.5. The third-order valence-corrected chi connectivity index (χ3v) is 17.1. The zero-order chi connectivity index (χ0) is 57.0. The molecule has 17 rings (SSSR count). The van der Waals surface area contributed by atoms with E-state index < -0.39 is 0 Å². The van der Waals surface area contributed by atoms with Crippen molar-refractivity contribution in [3.8, 4) is 80.2 Å². The Bertz CT molecular complexity index is 5720. The van der Waals surface area contributed by atoms with Crippen LogP contribution < -0.4 is 0 Å². The predicted molar refractivity (Wildman–Crippen MR) is 348 cm³/mol. The maximum atomic E-state index is 10.8. The number of benzene rings is 12. The lowest BCUT2D eigenvalue weighted by Crippen LogP contribution is -2.06.